The molecule has 0 aromatic carbocycles. The number of rotatable bonds is 5. The monoisotopic (exact) mass is 292 g/mol. The zero-order valence-electron chi connectivity index (χ0n) is 13.7. The number of piperazine rings is 1. The summed E-state index contributed by atoms with van der Waals surface area (Å²) in [6.07, 6.45) is 3.95. The summed E-state index contributed by atoms with van der Waals surface area (Å²) in [5.41, 5.74) is 0. The summed E-state index contributed by atoms with van der Waals surface area (Å²) in [5, 5.41) is 0. The molecule has 2 heterocycles. The number of imidazole rings is 1. The molecular weight excluding hydrogens is 264 g/mol. The van der Waals surface area contributed by atoms with Crippen LogP contribution in [-0.2, 0) is 11.3 Å². The van der Waals surface area contributed by atoms with E-state index >= 15 is 0 Å². The highest BCUT2D eigenvalue weighted by Crippen LogP contribution is 2.12. The minimum atomic E-state index is 0.107. The summed E-state index contributed by atoms with van der Waals surface area (Å²) in [5.74, 6) is 2.01. The van der Waals surface area contributed by atoms with Crippen LogP contribution in [-0.4, -0.2) is 58.0 Å². The summed E-state index contributed by atoms with van der Waals surface area (Å²) < 4.78 is 2.25. The molecule has 1 amide bonds. The summed E-state index contributed by atoms with van der Waals surface area (Å²) in [6.45, 7) is 14.0. The topological polar surface area (TPSA) is 41.4 Å². The molecule has 1 aromatic rings. The average Bonchev–Trinajstić information content (AvgIpc) is 2.93. The number of hydrogen-bond acceptors (Lipinski definition) is 3. The number of carbonyl (C=O) groups excluding carboxylic acids is 1. The zero-order valence-corrected chi connectivity index (χ0v) is 13.7. The second-order valence-corrected chi connectivity index (χ2v) is 6.46. The fourth-order valence-electron chi connectivity index (χ4n) is 2.82. The van der Waals surface area contributed by atoms with E-state index in [1.54, 1.807) is 0 Å². The van der Waals surface area contributed by atoms with Crippen molar-refractivity contribution in [2.24, 2.45) is 5.92 Å². The third-order valence-electron chi connectivity index (χ3n) is 4.10. The predicted molar refractivity (Wildman–Crippen MR) is 84.2 cm³/mol. The van der Waals surface area contributed by atoms with Gasteiger partial charge >= 0.3 is 0 Å². The molecule has 2 rings (SSSR count). The third kappa shape index (κ3) is 4.06. The Morgan fingerprint density at radius 2 is 1.81 bits per heavy atom. The first kappa shape index (κ1) is 16.0. The van der Waals surface area contributed by atoms with Gasteiger partial charge in [0.25, 0.3) is 0 Å². The lowest BCUT2D eigenvalue weighted by molar-refractivity contribution is -0.136. The van der Waals surface area contributed by atoms with Gasteiger partial charge in [0.2, 0.25) is 5.91 Å². The fourth-order valence-corrected chi connectivity index (χ4v) is 2.82. The van der Waals surface area contributed by atoms with Gasteiger partial charge in [-0.1, -0.05) is 27.7 Å². The quantitative estimate of drug-likeness (QED) is 0.831. The molecule has 0 spiro atoms. The number of amides is 1. The average molecular weight is 292 g/mol. The second kappa shape index (κ2) is 7.07. The van der Waals surface area contributed by atoms with Gasteiger partial charge in [0, 0.05) is 63.5 Å². The maximum Gasteiger partial charge on any atom is 0.225 e. The van der Waals surface area contributed by atoms with E-state index in [2.05, 4.69) is 34.5 Å². The van der Waals surface area contributed by atoms with Crippen molar-refractivity contribution in [1.82, 2.24) is 19.4 Å². The molecule has 0 saturated carbocycles. The van der Waals surface area contributed by atoms with Crippen LogP contribution < -0.4 is 0 Å². The van der Waals surface area contributed by atoms with E-state index in [-0.39, 0.29) is 11.8 Å². The Hall–Kier alpha value is -1.36. The van der Waals surface area contributed by atoms with E-state index in [0.29, 0.717) is 5.92 Å². The van der Waals surface area contributed by atoms with Gasteiger partial charge in [-0.05, 0) is 0 Å². The van der Waals surface area contributed by atoms with Gasteiger partial charge in [0.1, 0.15) is 5.82 Å². The van der Waals surface area contributed by atoms with E-state index in [9.17, 15) is 4.79 Å². The van der Waals surface area contributed by atoms with Crippen molar-refractivity contribution in [2.75, 3.05) is 32.7 Å². The standard InChI is InChI=1S/C16H28N4O/c1-13(2)15-17-5-6-19(15)10-7-18-8-11-20(12-9-18)16(21)14(3)4/h5-6,13-14H,7-12H2,1-4H3. The summed E-state index contributed by atoms with van der Waals surface area (Å²) >= 11 is 0. The molecule has 1 aromatic heterocycles. The minimum Gasteiger partial charge on any atom is -0.340 e. The third-order valence-corrected chi connectivity index (χ3v) is 4.10. The van der Waals surface area contributed by atoms with Crippen LogP contribution in [0.5, 0.6) is 0 Å². The zero-order chi connectivity index (χ0) is 15.4. The highest BCUT2D eigenvalue weighted by atomic mass is 16.2. The van der Waals surface area contributed by atoms with Crippen molar-refractivity contribution in [2.45, 2.75) is 40.2 Å². The Kier molecular flexibility index (Phi) is 5.39. The van der Waals surface area contributed by atoms with Gasteiger partial charge in [-0.3, -0.25) is 9.69 Å². The van der Waals surface area contributed by atoms with Gasteiger partial charge in [-0.25, -0.2) is 4.98 Å². The largest absolute Gasteiger partial charge is 0.340 e. The molecule has 5 nitrogen and oxygen atoms in total. The van der Waals surface area contributed by atoms with Gasteiger partial charge in [-0.15, -0.1) is 0 Å². The number of carbonyl (C=O) groups is 1. The van der Waals surface area contributed by atoms with E-state index in [4.69, 9.17) is 0 Å². The van der Waals surface area contributed by atoms with Crippen molar-refractivity contribution in [3.8, 4) is 0 Å². The molecule has 1 aliphatic rings. The normalized spacial score (nSPS) is 17.0. The SMILES string of the molecule is CC(C)C(=O)N1CCN(CCn2ccnc2C(C)C)CC1. The summed E-state index contributed by atoms with van der Waals surface area (Å²) in [4.78, 5) is 20.8. The van der Waals surface area contributed by atoms with Gasteiger partial charge in [0.15, 0.2) is 0 Å². The number of hydrogen-bond donors (Lipinski definition) is 0. The minimum absolute atomic E-state index is 0.107. The van der Waals surface area contributed by atoms with Crippen molar-refractivity contribution in [3.05, 3.63) is 18.2 Å². The first-order valence-electron chi connectivity index (χ1n) is 8.01. The smallest absolute Gasteiger partial charge is 0.225 e. The fraction of sp³-hybridized carbons (Fsp3) is 0.750. The first-order valence-corrected chi connectivity index (χ1v) is 8.01. The van der Waals surface area contributed by atoms with Crippen LogP contribution in [0.25, 0.3) is 0 Å². The molecule has 21 heavy (non-hydrogen) atoms. The van der Waals surface area contributed by atoms with Crippen molar-refractivity contribution < 1.29 is 4.79 Å². The van der Waals surface area contributed by atoms with Crippen LogP contribution in [0.3, 0.4) is 0 Å². The van der Waals surface area contributed by atoms with Crippen LogP contribution in [0.4, 0.5) is 0 Å². The molecule has 1 fully saturated rings. The maximum atomic E-state index is 12.0. The molecule has 0 unspecified atom stereocenters. The Labute approximate surface area is 127 Å². The Bertz CT molecular complexity index is 459. The molecular formula is C16H28N4O. The molecule has 1 saturated heterocycles. The molecule has 0 bridgehead atoms. The van der Waals surface area contributed by atoms with Crippen molar-refractivity contribution in [3.63, 3.8) is 0 Å². The second-order valence-electron chi connectivity index (χ2n) is 6.46. The Morgan fingerprint density at radius 3 is 2.38 bits per heavy atom. The highest BCUT2D eigenvalue weighted by Gasteiger charge is 2.22. The van der Waals surface area contributed by atoms with Crippen molar-refractivity contribution >= 4 is 5.91 Å². The number of aromatic nitrogens is 2. The molecule has 0 aliphatic carbocycles. The lowest BCUT2D eigenvalue weighted by Gasteiger charge is -2.35. The van der Waals surface area contributed by atoms with E-state index in [1.165, 1.54) is 0 Å². The van der Waals surface area contributed by atoms with E-state index in [1.807, 2.05) is 24.9 Å². The summed E-state index contributed by atoms with van der Waals surface area (Å²) in [6, 6.07) is 0. The molecule has 118 valence electrons. The van der Waals surface area contributed by atoms with E-state index in [0.717, 1.165) is 45.1 Å². The molecule has 0 N–H and O–H groups in total. The van der Waals surface area contributed by atoms with Gasteiger partial charge in [0.05, 0.1) is 0 Å². The van der Waals surface area contributed by atoms with Crippen molar-refractivity contribution in [1.29, 1.82) is 0 Å². The van der Waals surface area contributed by atoms with Crippen LogP contribution >= 0.6 is 0 Å². The first-order chi connectivity index (χ1) is 9.99. The van der Waals surface area contributed by atoms with Crippen LogP contribution in [0.15, 0.2) is 12.4 Å². The van der Waals surface area contributed by atoms with Crippen LogP contribution in [0.2, 0.25) is 0 Å². The van der Waals surface area contributed by atoms with Crippen LogP contribution in [0.1, 0.15) is 39.4 Å². The van der Waals surface area contributed by atoms with Gasteiger partial charge in [-0.2, -0.15) is 0 Å². The molecule has 0 atom stereocenters. The highest BCUT2D eigenvalue weighted by molar-refractivity contribution is 5.78. The number of nitrogens with zero attached hydrogens (tertiary/aromatic N) is 4. The Balaban J connectivity index is 1.79. The lowest BCUT2D eigenvalue weighted by Crippen LogP contribution is -2.50. The maximum absolute atomic E-state index is 12.0. The predicted octanol–water partition coefficient (Wildman–Crippen LogP) is 1.81. The molecule has 0 radical (unpaired) electrons. The van der Waals surface area contributed by atoms with Crippen LogP contribution in [0, 0.1) is 5.92 Å². The summed E-state index contributed by atoms with van der Waals surface area (Å²) in [7, 11) is 0. The lowest BCUT2D eigenvalue weighted by atomic mass is 10.1. The molecule has 5 heteroatoms. The van der Waals surface area contributed by atoms with E-state index < -0.39 is 0 Å². The molecule has 1 aliphatic heterocycles. The van der Waals surface area contributed by atoms with Gasteiger partial charge < -0.3 is 9.47 Å². The Morgan fingerprint density at radius 1 is 1.14 bits per heavy atom.